The second-order valence-corrected chi connectivity index (χ2v) is 8.94. The molecule has 14 nitrogen and oxygen atoms in total. The molecule has 0 amide bonds. The van der Waals surface area contributed by atoms with Crippen LogP contribution in [0.25, 0.3) is 11.2 Å². The lowest BCUT2D eigenvalue weighted by Crippen LogP contribution is -2.40. The van der Waals surface area contributed by atoms with E-state index >= 15 is 0 Å². The lowest BCUT2D eigenvalue weighted by molar-refractivity contribution is -0.166. The van der Waals surface area contributed by atoms with E-state index in [2.05, 4.69) is 9.97 Å². The van der Waals surface area contributed by atoms with Gasteiger partial charge in [-0.15, -0.1) is 0 Å². The third-order valence-electron chi connectivity index (χ3n) is 4.62. The number of carbonyl (C=O) groups is 3. The maximum absolute atomic E-state index is 12.9. The fourth-order valence-corrected chi connectivity index (χ4v) is 3.98. The molecular formula is C17H17F3N4O10S. The predicted molar refractivity (Wildman–Crippen MR) is 104 cm³/mol. The van der Waals surface area contributed by atoms with Gasteiger partial charge in [-0.2, -0.15) is 25.6 Å². The molecule has 0 spiro atoms. The number of alkyl halides is 3. The minimum Gasteiger partial charge on any atom is -0.463 e. The largest absolute Gasteiger partial charge is 0.517 e. The predicted octanol–water partition coefficient (Wildman–Crippen LogP) is -0.385. The zero-order valence-electron chi connectivity index (χ0n) is 18.1. The first kappa shape index (κ1) is 26.1. The fraction of sp³-hybridized carbons (Fsp3) is 0.529. The van der Waals surface area contributed by atoms with Crippen molar-refractivity contribution in [2.24, 2.45) is 0 Å². The topological polar surface area (TPSA) is 175 Å². The van der Waals surface area contributed by atoms with E-state index in [0.29, 0.717) is 0 Å². The molecule has 18 heteroatoms. The number of fused-ring (bicyclic) bond motifs is 1. The highest BCUT2D eigenvalue weighted by atomic mass is 32.2. The van der Waals surface area contributed by atoms with Crippen molar-refractivity contribution in [3.63, 3.8) is 0 Å². The Balaban J connectivity index is 2.11. The zero-order valence-corrected chi connectivity index (χ0v) is 18.9. The van der Waals surface area contributed by atoms with Crippen LogP contribution in [0.4, 0.5) is 13.2 Å². The van der Waals surface area contributed by atoms with Crippen molar-refractivity contribution in [3.05, 3.63) is 23.0 Å². The smallest absolute Gasteiger partial charge is 0.463 e. The number of hydrogen-bond acceptors (Lipinski definition) is 12. The summed E-state index contributed by atoms with van der Waals surface area (Å²) in [5, 5.41) is 0. The Labute approximate surface area is 193 Å². The molecule has 0 bridgehead atoms. The molecule has 3 rings (SSSR count). The van der Waals surface area contributed by atoms with Crippen LogP contribution in [0.1, 0.15) is 27.0 Å². The van der Waals surface area contributed by atoms with Crippen LogP contribution >= 0.6 is 0 Å². The van der Waals surface area contributed by atoms with E-state index in [1.54, 1.807) is 0 Å². The van der Waals surface area contributed by atoms with Crippen LogP contribution in [0.2, 0.25) is 0 Å². The molecule has 0 aliphatic carbocycles. The van der Waals surface area contributed by atoms with E-state index in [-0.39, 0.29) is 6.33 Å². The van der Waals surface area contributed by atoms with Gasteiger partial charge in [-0.1, -0.05) is 0 Å². The number of esters is 3. The molecule has 0 radical (unpaired) electrons. The standard InChI is InChI=1S/C17H17F3N4O10S/c1-7(25)31-4-10-12(32-8(2)26)13(33-9(3)27)16(34-10)23-5-21-11-14(23)22-6-24(15(11)28)35(29,30)17(18,19)20/h5-6,10,12-13,16H,4H2,1-3H3/t10-,12-,13-,16-/m1/s1. The van der Waals surface area contributed by atoms with Crippen molar-refractivity contribution in [2.75, 3.05) is 6.61 Å². The Morgan fingerprint density at radius 3 is 2.17 bits per heavy atom. The van der Waals surface area contributed by atoms with Gasteiger partial charge in [-0.05, 0) is 0 Å². The third-order valence-corrected chi connectivity index (χ3v) is 5.98. The summed E-state index contributed by atoms with van der Waals surface area (Å²) in [7, 11) is -6.10. The van der Waals surface area contributed by atoms with Gasteiger partial charge < -0.3 is 18.9 Å². The van der Waals surface area contributed by atoms with E-state index < -0.39 is 85.3 Å². The van der Waals surface area contributed by atoms with Gasteiger partial charge in [0.2, 0.25) is 0 Å². The van der Waals surface area contributed by atoms with Crippen molar-refractivity contribution < 1.29 is 54.9 Å². The third kappa shape index (κ3) is 4.97. The summed E-state index contributed by atoms with van der Waals surface area (Å²) in [5.41, 5.74) is -8.65. The van der Waals surface area contributed by atoms with Crippen molar-refractivity contribution in [1.29, 1.82) is 0 Å². The second kappa shape index (κ2) is 9.25. The molecule has 2 aromatic rings. The molecule has 4 atom stereocenters. The summed E-state index contributed by atoms with van der Waals surface area (Å²) < 4.78 is 83.4. The minimum atomic E-state index is -6.10. The maximum Gasteiger partial charge on any atom is 0.517 e. The molecule has 192 valence electrons. The van der Waals surface area contributed by atoms with Gasteiger partial charge >= 0.3 is 33.4 Å². The summed E-state index contributed by atoms with van der Waals surface area (Å²) in [6.07, 6.45) is -4.30. The highest BCUT2D eigenvalue weighted by molar-refractivity contribution is 7.90. The molecule has 1 aliphatic heterocycles. The fourth-order valence-electron chi connectivity index (χ4n) is 3.28. The number of halogens is 3. The Morgan fingerprint density at radius 2 is 1.63 bits per heavy atom. The summed E-state index contributed by atoms with van der Waals surface area (Å²) in [4.78, 5) is 54.3. The molecule has 1 saturated heterocycles. The van der Waals surface area contributed by atoms with Gasteiger partial charge in [0.1, 0.15) is 19.0 Å². The monoisotopic (exact) mass is 526 g/mol. The molecule has 3 heterocycles. The Bertz CT molecular complexity index is 1340. The average molecular weight is 526 g/mol. The first-order chi connectivity index (χ1) is 16.1. The zero-order chi connectivity index (χ0) is 26.3. The van der Waals surface area contributed by atoms with Crippen molar-refractivity contribution in [3.8, 4) is 0 Å². The van der Waals surface area contributed by atoms with Gasteiger partial charge in [0.25, 0.3) is 5.56 Å². The molecule has 0 aromatic carbocycles. The van der Waals surface area contributed by atoms with E-state index in [1.165, 1.54) is 0 Å². The van der Waals surface area contributed by atoms with E-state index in [4.69, 9.17) is 18.9 Å². The first-order valence-electron chi connectivity index (χ1n) is 9.54. The van der Waals surface area contributed by atoms with Crippen LogP contribution in [-0.2, 0) is 43.4 Å². The molecule has 35 heavy (non-hydrogen) atoms. The molecule has 2 aromatic heterocycles. The maximum atomic E-state index is 12.9. The van der Waals surface area contributed by atoms with Gasteiger partial charge in [0.15, 0.2) is 29.6 Å². The Hall–Kier alpha value is -3.54. The number of rotatable bonds is 6. The summed E-state index contributed by atoms with van der Waals surface area (Å²) in [6, 6.07) is 0. The summed E-state index contributed by atoms with van der Waals surface area (Å²) in [5.74, 6) is -2.35. The van der Waals surface area contributed by atoms with Crippen LogP contribution < -0.4 is 5.56 Å². The highest BCUT2D eigenvalue weighted by Gasteiger charge is 2.51. The van der Waals surface area contributed by atoms with Crippen molar-refractivity contribution in [1.82, 2.24) is 18.5 Å². The van der Waals surface area contributed by atoms with Crippen molar-refractivity contribution in [2.45, 2.75) is 50.8 Å². The molecule has 1 aliphatic rings. The van der Waals surface area contributed by atoms with Gasteiger partial charge in [0.05, 0.1) is 6.33 Å². The van der Waals surface area contributed by atoms with E-state index in [9.17, 15) is 40.8 Å². The summed E-state index contributed by atoms with van der Waals surface area (Å²) >= 11 is 0. The quantitative estimate of drug-likeness (QED) is 0.353. The average Bonchev–Trinajstić information content (AvgIpc) is 3.27. The van der Waals surface area contributed by atoms with Crippen LogP contribution in [-0.4, -0.2) is 75.3 Å². The summed E-state index contributed by atoms with van der Waals surface area (Å²) in [6.45, 7) is 2.74. The van der Waals surface area contributed by atoms with Crippen LogP contribution in [0.5, 0.6) is 0 Å². The number of ether oxygens (including phenoxy) is 4. The van der Waals surface area contributed by atoms with Gasteiger partial charge in [0, 0.05) is 20.8 Å². The number of nitrogens with zero attached hydrogens (tertiary/aromatic N) is 4. The number of aromatic nitrogens is 4. The van der Waals surface area contributed by atoms with Crippen molar-refractivity contribution >= 4 is 39.1 Å². The van der Waals surface area contributed by atoms with Gasteiger partial charge in [-0.25, -0.2) is 9.97 Å². The molecule has 0 unspecified atom stereocenters. The molecular weight excluding hydrogens is 509 g/mol. The van der Waals surface area contributed by atoms with Gasteiger partial charge in [-0.3, -0.25) is 23.7 Å². The van der Waals surface area contributed by atoms with E-state index in [1.807, 2.05) is 0 Å². The van der Waals surface area contributed by atoms with Crippen LogP contribution in [0, 0.1) is 0 Å². The Morgan fingerprint density at radius 1 is 1.03 bits per heavy atom. The second-order valence-electron chi connectivity index (χ2n) is 7.14. The Kier molecular flexibility index (Phi) is 6.89. The highest BCUT2D eigenvalue weighted by Crippen LogP contribution is 2.35. The van der Waals surface area contributed by atoms with Crippen LogP contribution in [0.3, 0.4) is 0 Å². The lowest BCUT2D eigenvalue weighted by Gasteiger charge is -2.23. The van der Waals surface area contributed by atoms with Crippen LogP contribution in [0.15, 0.2) is 17.4 Å². The first-order valence-corrected chi connectivity index (χ1v) is 11.0. The lowest BCUT2D eigenvalue weighted by atomic mass is 10.1. The SMILES string of the molecule is CC(=O)OC[C@H]1O[C@@H](n2cnc3c(=O)n(S(=O)(=O)C(F)(F)F)cnc32)[C@H](OC(C)=O)[C@@H]1OC(C)=O. The molecule has 0 N–H and O–H groups in total. The molecule has 1 fully saturated rings. The number of imidazole rings is 1. The molecule has 0 saturated carbocycles. The van der Waals surface area contributed by atoms with E-state index in [0.717, 1.165) is 31.7 Å². The number of hydrogen-bond donors (Lipinski definition) is 0. The number of carbonyl (C=O) groups excluding carboxylic acids is 3. The minimum absolute atomic E-state index is 0.140. The normalized spacial score (nSPS) is 22.7.